The lowest BCUT2D eigenvalue weighted by Gasteiger charge is -2.39. The molecule has 0 radical (unpaired) electrons. The van der Waals surface area contributed by atoms with Crippen molar-refractivity contribution in [2.75, 3.05) is 0 Å². The maximum Gasteiger partial charge on any atom is 0.121 e. The first-order valence-electron chi connectivity index (χ1n) is 15.8. The van der Waals surface area contributed by atoms with Gasteiger partial charge in [-0.25, -0.2) is 0 Å². The van der Waals surface area contributed by atoms with Crippen molar-refractivity contribution in [2.45, 2.75) is 112 Å². The zero-order valence-electron chi connectivity index (χ0n) is 28.3. The van der Waals surface area contributed by atoms with Gasteiger partial charge in [-0.1, -0.05) is 141 Å². The van der Waals surface area contributed by atoms with Crippen LogP contribution >= 0.6 is 0 Å². The minimum Gasteiger partial charge on any atom is -0.393 e. The van der Waals surface area contributed by atoms with Gasteiger partial charge in [-0.05, 0) is 65.9 Å². The smallest absolute Gasteiger partial charge is 0.121 e. The molecule has 1 saturated heterocycles. The van der Waals surface area contributed by atoms with Crippen molar-refractivity contribution in [2.24, 2.45) is 16.7 Å². The molecule has 3 rings (SSSR count). The molecule has 2 aliphatic carbocycles. The predicted octanol–water partition coefficient (Wildman–Crippen LogP) is 9.61. The van der Waals surface area contributed by atoms with E-state index in [4.69, 9.17) is 4.74 Å². The molecule has 1 saturated carbocycles. The molecule has 1 aliphatic heterocycles. The van der Waals surface area contributed by atoms with E-state index >= 15 is 0 Å². The molecule has 5 atom stereocenters. The number of aliphatic hydroxyl groups is 2. The highest BCUT2D eigenvalue weighted by Crippen LogP contribution is 2.66. The number of hydrogen-bond acceptors (Lipinski definition) is 3. The molecule has 0 aromatic carbocycles. The highest BCUT2D eigenvalue weighted by atomic mass is 16.6. The predicted molar refractivity (Wildman–Crippen MR) is 184 cm³/mol. The van der Waals surface area contributed by atoms with Gasteiger partial charge in [0.05, 0.1) is 12.2 Å². The fourth-order valence-corrected chi connectivity index (χ4v) is 7.07. The maximum absolute atomic E-state index is 10.2. The van der Waals surface area contributed by atoms with E-state index in [-0.39, 0.29) is 34.2 Å². The largest absolute Gasteiger partial charge is 0.393 e. The average Bonchev–Trinajstić information content (AvgIpc) is 3.49. The van der Waals surface area contributed by atoms with E-state index in [1.54, 1.807) is 0 Å². The van der Waals surface area contributed by atoms with Crippen molar-refractivity contribution >= 4 is 0 Å². The van der Waals surface area contributed by atoms with E-state index < -0.39 is 0 Å². The van der Waals surface area contributed by atoms with Gasteiger partial charge in [-0.2, -0.15) is 0 Å². The summed E-state index contributed by atoms with van der Waals surface area (Å²) in [7, 11) is 0. The molecule has 3 heteroatoms. The Morgan fingerprint density at radius 1 is 0.721 bits per heavy atom. The Morgan fingerprint density at radius 2 is 1.23 bits per heavy atom. The molecule has 2 fully saturated rings. The first-order valence-corrected chi connectivity index (χ1v) is 15.8. The van der Waals surface area contributed by atoms with Crippen LogP contribution in [0.5, 0.6) is 0 Å². The van der Waals surface area contributed by atoms with Crippen molar-refractivity contribution in [1.29, 1.82) is 0 Å². The molecule has 0 aromatic heterocycles. The number of hydrogen-bond donors (Lipinski definition) is 2. The number of epoxide rings is 1. The second-order valence-corrected chi connectivity index (χ2v) is 14.6. The normalized spacial score (nSPS) is 33.8. The molecular formula is C40H56O3. The molecule has 0 spiro atoms. The van der Waals surface area contributed by atoms with Crippen LogP contribution in [0.15, 0.2) is 119 Å². The monoisotopic (exact) mass is 584 g/mol. The van der Waals surface area contributed by atoms with Crippen molar-refractivity contribution < 1.29 is 14.9 Å². The van der Waals surface area contributed by atoms with E-state index in [0.717, 1.165) is 12.8 Å². The Hall–Kier alpha value is -2.72. The van der Waals surface area contributed by atoms with Crippen LogP contribution in [0.3, 0.4) is 0 Å². The van der Waals surface area contributed by atoms with E-state index in [1.807, 2.05) is 6.08 Å². The van der Waals surface area contributed by atoms with Gasteiger partial charge in [-0.15, -0.1) is 0 Å². The number of fused-ring (bicyclic) bond motifs is 1. The van der Waals surface area contributed by atoms with Gasteiger partial charge < -0.3 is 14.9 Å². The Balaban J connectivity index is 1.49. The molecule has 234 valence electrons. The lowest BCUT2D eigenvalue weighted by atomic mass is 9.63. The summed E-state index contributed by atoms with van der Waals surface area (Å²) in [5.41, 5.74) is 5.38. The summed E-state index contributed by atoms with van der Waals surface area (Å²) in [6.07, 6.45) is 33.5. The van der Waals surface area contributed by atoms with Crippen LogP contribution in [0.25, 0.3) is 0 Å². The summed E-state index contributed by atoms with van der Waals surface area (Å²) in [6.45, 7) is 21.5. The molecule has 43 heavy (non-hydrogen) atoms. The lowest BCUT2D eigenvalue weighted by molar-refractivity contribution is 0.0515. The molecular weight excluding hydrogens is 528 g/mol. The fourth-order valence-electron chi connectivity index (χ4n) is 7.07. The minimum atomic E-state index is -0.333. The fraction of sp³-hybridized carbons (Fsp3) is 0.500. The summed E-state index contributed by atoms with van der Waals surface area (Å²) in [4.78, 5) is 0. The molecule has 0 unspecified atom stereocenters. The number of allylic oxidation sites excluding steroid dienone is 18. The van der Waals surface area contributed by atoms with E-state index in [9.17, 15) is 10.2 Å². The number of aliphatic hydroxyl groups excluding tert-OH is 2. The highest BCUT2D eigenvalue weighted by Gasteiger charge is 2.74. The molecule has 1 heterocycles. The van der Waals surface area contributed by atoms with Gasteiger partial charge in [0.15, 0.2) is 0 Å². The Labute approximate surface area is 262 Å². The lowest BCUT2D eigenvalue weighted by Crippen LogP contribution is -2.46. The molecule has 0 bridgehead atoms. The van der Waals surface area contributed by atoms with Crippen molar-refractivity contribution in [1.82, 2.24) is 0 Å². The standard InChI is InChI=1S/C40H56O3/c1-29(17-13-19-31(3)21-22-36-33(5)25-34(41)26-37(36,6)7)15-11-12-16-30(2)18-14-20-32(4)23-24-40-38(8,9)27-35(42)28-39(40,10)43-40/h11-25,34-36,41-42H,26-28H2,1-10H3/b12-11+,17-13+,18-14+,22-21+,24-23+,29-15+,30-16+,31-19+,32-20+/t34-,35+,36+,39-,40+/m1/s1. The summed E-state index contributed by atoms with van der Waals surface area (Å²) >= 11 is 0. The van der Waals surface area contributed by atoms with E-state index in [2.05, 4.69) is 154 Å². The van der Waals surface area contributed by atoms with E-state index in [0.29, 0.717) is 12.3 Å². The van der Waals surface area contributed by atoms with Crippen molar-refractivity contribution in [3.63, 3.8) is 0 Å². The third-order valence-electron chi connectivity index (χ3n) is 9.43. The molecule has 0 amide bonds. The van der Waals surface area contributed by atoms with Crippen LogP contribution in [0.2, 0.25) is 0 Å². The van der Waals surface area contributed by atoms with Crippen LogP contribution in [-0.4, -0.2) is 33.6 Å². The van der Waals surface area contributed by atoms with Crippen LogP contribution in [0.1, 0.15) is 88.5 Å². The summed E-state index contributed by atoms with van der Waals surface area (Å²) < 4.78 is 6.25. The van der Waals surface area contributed by atoms with E-state index in [1.165, 1.54) is 27.9 Å². The van der Waals surface area contributed by atoms with Crippen LogP contribution in [0.4, 0.5) is 0 Å². The Bertz CT molecular complexity index is 1320. The SMILES string of the molecule is CC1=C[C@@H](O)CC(C)(C)[C@H]1/C=C/C(C)=C/C=C/C(C)=C/C=C/C=C(C)/C=C/C=C(C)/C=C/[C@@]12O[C@]1(C)C[C@@H](O)CC2(C)C. The Kier molecular flexibility index (Phi) is 11.3. The summed E-state index contributed by atoms with van der Waals surface area (Å²) in [6, 6.07) is 0. The zero-order valence-corrected chi connectivity index (χ0v) is 28.3. The van der Waals surface area contributed by atoms with Gasteiger partial charge >= 0.3 is 0 Å². The third kappa shape index (κ3) is 8.91. The van der Waals surface area contributed by atoms with Gasteiger partial charge in [-0.3, -0.25) is 0 Å². The molecule has 3 nitrogen and oxygen atoms in total. The average molecular weight is 585 g/mol. The highest BCUT2D eigenvalue weighted by molar-refractivity contribution is 5.37. The molecule has 2 N–H and O–H groups in total. The van der Waals surface area contributed by atoms with Gasteiger partial charge in [0.1, 0.15) is 11.2 Å². The minimum absolute atomic E-state index is 0.0547. The second kappa shape index (κ2) is 13.9. The topological polar surface area (TPSA) is 53.0 Å². The quantitative estimate of drug-likeness (QED) is 0.153. The maximum atomic E-state index is 10.2. The third-order valence-corrected chi connectivity index (χ3v) is 9.43. The van der Waals surface area contributed by atoms with Gasteiger partial charge in [0.25, 0.3) is 0 Å². The van der Waals surface area contributed by atoms with Crippen molar-refractivity contribution in [3.05, 3.63) is 119 Å². The molecule has 0 aromatic rings. The van der Waals surface area contributed by atoms with Crippen molar-refractivity contribution in [3.8, 4) is 0 Å². The second-order valence-electron chi connectivity index (χ2n) is 14.6. The van der Waals surface area contributed by atoms with Crippen LogP contribution in [0, 0.1) is 16.7 Å². The summed E-state index contributed by atoms with van der Waals surface area (Å²) in [5.74, 6) is 0.345. The van der Waals surface area contributed by atoms with Gasteiger partial charge in [0.2, 0.25) is 0 Å². The van der Waals surface area contributed by atoms with Crippen LogP contribution < -0.4 is 0 Å². The first-order chi connectivity index (χ1) is 20.0. The summed E-state index contributed by atoms with van der Waals surface area (Å²) in [5, 5.41) is 20.3. The zero-order chi connectivity index (χ0) is 32.1. The number of ether oxygens (including phenoxy) is 1. The molecule has 3 aliphatic rings. The van der Waals surface area contributed by atoms with Crippen LogP contribution in [-0.2, 0) is 4.74 Å². The first kappa shape index (κ1) is 34.8. The van der Waals surface area contributed by atoms with Gasteiger partial charge in [0, 0.05) is 17.8 Å². The Morgan fingerprint density at radius 3 is 1.77 bits per heavy atom. The number of rotatable bonds is 10.